The largest absolute Gasteiger partial charge is 0.486 e. The van der Waals surface area contributed by atoms with Gasteiger partial charge in [-0.15, -0.1) is 0 Å². The van der Waals surface area contributed by atoms with Gasteiger partial charge < -0.3 is 14.8 Å². The van der Waals surface area contributed by atoms with Crippen molar-refractivity contribution in [3.63, 3.8) is 0 Å². The molecule has 2 heterocycles. The number of benzene rings is 2. The Morgan fingerprint density at radius 2 is 1.84 bits per heavy atom. The number of ether oxygens (including phenoxy) is 2. The molecule has 0 saturated heterocycles. The second-order valence-corrected chi connectivity index (χ2v) is 7.94. The maximum Gasteiger partial charge on any atom is 0.225 e. The van der Waals surface area contributed by atoms with Crippen LogP contribution in [0.1, 0.15) is 35.7 Å². The lowest BCUT2D eigenvalue weighted by Crippen LogP contribution is -2.36. The predicted octanol–water partition coefficient (Wildman–Crippen LogP) is 3.40. The van der Waals surface area contributed by atoms with E-state index in [9.17, 15) is 4.79 Å². The summed E-state index contributed by atoms with van der Waals surface area (Å²) in [5.74, 6) is 2.70. The number of hydrogen-bond donors (Lipinski definition) is 1. The molecule has 2 aromatic carbocycles. The van der Waals surface area contributed by atoms with E-state index in [2.05, 4.69) is 27.5 Å². The molecule has 3 aromatic rings. The zero-order valence-corrected chi connectivity index (χ0v) is 18.2. The van der Waals surface area contributed by atoms with Crippen LogP contribution in [0, 0.1) is 19.8 Å². The average Bonchev–Trinajstić information content (AvgIpc) is 3.10. The number of amides is 1. The molecular formula is C24H28N4O3. The summed E-state index contributed by atoms with van der Waals surface area (Å²) >= 11 is 0. The van der Waals surface area contributed by atoms with Crippen LogP contribution in [0.5, 0.6) is 11.5 Å². The molecule has 4 rings (SSSR count). The van der Waals surface area contributed by atoms with E-state index in [1.165, 1.54) is 0 Å². The normalized spacial score (nSPS) is 14.7. The van der Waals surface area contributed by atoms with Gasteiger partial charge in [0.25, 0.3) is 0 Å². The van der Waals surface area contributed by atoms with Crippen LogP contribution >= 0.6 is 0 Å². The molecule has 2 unspecified atom stereocenters. The van der Waals surface area contributed by atoms with Gasteiger partial charge in [0.15, 0.2) is 11.5 Å². The van der Waals surface area contributed by atoms with Gasteiger partial charge in [0.1, 0.15) is 24.9 Å². The molecule has 0 spiro atoms. The number of aromatic nitrogens is 3. The second-order valence-electron chi connectivity index (χ2n) is 7.94. The fourth-order valence-corrected chi connectivity index (χ4v) is 3.77. The summed E-state index contributed by atoms with van der Waals surface area (Å²) < 4.78 is 13.2. The first-order chi connectivity index (χ1) is 15.0. The van der Waals surface area contributed by atoms with Crippen LogP contribution in [0.2, 0.25) is 0 Å². The smallest absolute Gasteiger partial charge is 0.225 e. The van der Waals surface area contributed by atoms with Crippen LogP contribution in [0.15, 0.2) is 48.5 Å². The summed E-state index contributed by atoms with van der Waals surface area (Å²) in [5.41, 5.74) is 2.14. The van der Waals surface area contributed by atoms with Gasteiger partial charge in [-0.3, -0.25) is 4.79 Å². The topological polar surface area (TPSA) is 78.3 Å². The number of hydrogen-bond acceptors (Lipinski definition) is 5. The molecule has 0 saturated carbocycles. The zero-order valence-electron chi connectivity index (χ0n) is 18.2. The molecule has 0 fully saturated rings. The molecule has 7 nitrogen and oxygen atoms in total. The highest BCUT2D eigenvalue weighted by Crippen LogP contribution is 2.33. The Hall–Kier alpha value is -3.35. The van der Waals surface area contributed by atoms with Crippen molar-refractivity contribution in [3.8, 4) is 11.5 Å². The van der Waals surface area contributed by atoms with E-state index in [-0.39, 0.29) is 17.9 Å². The molecule has 1 N–H and O–H groups in total. The first-order valence-corrected chi connectivity index (χ1v) is 10.6. The van der Waals surface area contributed by atoms with E-state index in [1.54, 1.807) is 4.68 Å². The van der Waals surface area contributed by atoms with Crippen molar-refractivity contribution in [1.82, 2.24) is 20.1 Å². The van der Waals surface area contributed by atoms with Gasteiger partial charge in [0.05, 0.1) is 18.5 Å². The molecular weight excluding hydrogens is 392 g/mol. The van der Waals surface area contributed by atoms with E-state index < -0.39 is 0 Å². The van der Waals surface area contributed by atoms with Crippen LogP contribution in [-0.2, 0) is 17.8 Å². The Balaban J connectivity index is 1.54. The maximum atomic E-state index is 13.1. The summed E-state index contributed by atoms with van der Waals surface area (Å²) in [6.07, 6.45) is 0.681. The SMILES string of the molecule is Cc1nc(C)n(CC(C)C(=O)NC(Cc2ccccc2)c2ccc3c(c2)OCCO3)n1. The molecule has 1 amide bonds. The van der Waals surface area contributed by atoms with Crippen molar-refractivity contribution in [1.29, 1.82) is 0 Å². The maximum absolute atomic E-state index is 13.1. The highest BCUT2D eigenvalue weighted by Gasteiger charge is 2.23. The third kappa shape index (κ3) is 5.05. The first kappa shape index (κ1) is 20.9. The Kier molecular flexibility index (Phi) is 6.21. The van der Waals surface area contributed by atoms with Crippen LogP contribution < -0.4 is 14.8 Å². The molecule has 31 heavy (non-hydrogen) atoms. The monoisotopic (exact) mass is 420 g/mol. The Labute approximate surface area is 182 Å². The minimum atomic E-state index is -0.254. The van der Waals surface area contributed by atoms with E-state index in [4.69, 9.17) is 9.47 Å². The third-order valence-corrected chi connectivity index (χ3v) is 5.42. The van der Waals surface area contributed by atoms with Crippen LogP contribution in [0.3, 0.4) is 0 Å². The molecule has 1 aromatic heterocycles. The molecule has 2 atom stereocenters. The quantitative estimate of drug-likeness (QED) is 0.634. The summed E-state index contributed by atoms with van der Waals surface area (Å²) in [4.78, 5) is 17.4. The minimum absolute atomic E-state index is 0.0247. The van der Waals surface area contributed by atoms with Crippen LogP contribution in [0.25, 0.3) is 0 Å². The van der Waals surface area contributed by atoms with Crippen molar-refractivity contribution in [2.75, 3.05) is 13.2 Å². The van der Waals surface area contributed by atoms with Crippen molar-refractivity contribution in [2.45, 2.75) is 39.8 Å². The van der Waals surface area contributed by atoms with Crippen molar-refractivity contribution in [2.24, 2.45) is 5.92 Å². The summed E-state index contributed by atoms with van der Waals surface area (Å²) in [6.45, 7) is 7.23. The molecule has 0 bridgehead atoms. The molecule has 1 aliphatic heterocycles. The van der Waals surface area contributed by atoms with Gasteiger partial charge >= 0.3 is 0 Å². The fraction of sp³-hybridized carbons (Fsp3) is 0.375. The fourth-order valence-electron chi connectivity index (χ4n) is 3.77. The average molecular weight is 421 g/mol. The second kappa shape index (κ2) is 9.20. The number of nitrogens with zero attached hydrogens (tertiary/aromatic N) is 3. The number of nitrogens with one attached hydrogen (secondary N) is 1. The van der Waals surface area contributed by atoms with Crippen LogP contribution in [-0.4, -0.2) is 33.9 Å². The lowest BCUT2D eigenvalue weighted by atomic mass is 9.97. The Morgan fingerprint density at radius 3 is 2.55 bits per heavy atom. The molecule has 0 aliphatic carbocycles. The lowest BCUT2D eigenvalue weighted by molar-refractivity contribution is -0.125. The van der Waals surface area contributed by atoms with Gasteiger partial charge in [-0.05, 0) is 43.5 Å². The number of aryl methyl sites for hydroxylation is 2. The molecule has 162 valence electrons. The summed E-state index contributed by atoms with van der Waals surface area (Å²) in [6, 6.07) is 15.9. The number of carbonyl (C=O) groups is 1. The lowest BCUT2D eigenvalue weighted by Gasteiger charge is -2.24. The van der Waals surface area contributed by atoms with Gasteiger partial charge in [-0.25, -0.2) is 9.67 Å². The first-order valence-electron chi connectivity index (χ1n) is 10.6. The summed E-state index contributed by atoms with van der Waals surface area (Å²) in [7, 11) is 0. The van der Waals surface area contributed by atoms with Gasteiger partial charge in [0, 0.05) is 0 Å². The predicted molar refractivity (Wildman–Crippen MR) is 117 cm³/mol. The number of fused-ring (bicyclic) bond motifs is 1. The molecule has 7 heteroatoms. The Bertz CT molecular complexity index is 1050. The van der Waals surface area contributed by atoms with Gasteiger partial charge in [0.2, 0.25) is 5.91 Å². The Morgan fingerprint density at radius 1 is 1.10 bits per heavy atom. The van der Waals surface area contributed by atoms with Gasteiger partial charge in [-0.1, -0.05) is 43.3 Å². The standard InChI is InChI=1S/C24H28N4O3/c1-16(15-28-18(3)25-17(2)27-28)24(29)26-21(13-19-7-5-4-6-8-19)20-9-10-22-23(14-20)31-12-11-30-22/h4-10,14,16,21H,11-13,15H2,1-3H3,(H,26,29). The molecule has 1 aliphatic rings. The van der Waals surface area contributed by atoms with Crippen molar-refractivity contribution < 1.29 is 14.3 Å². The van der Waals surface area contributed by atoms with E-state index in [0.29, 0.717) is 32.0 Å². The third-order valence-electron chi connectivity index (χ3n) is 5.42. The van der Waals surface area contributed by atoms with Crippen LogP contribution in [0.4, 0.5) is 0 Å². The van der Waals surface area contributed by atoms with E-state index >= 15 is 0 Å². The number of carbonyl (C=O) groups excluding carboxylic acids is 1. The minimum Gasteiger partial charge on any atom is -0.486 e. The number of rotatable bonds is 7. The van der Waals surface area contributed by atoms with E-state index in [0.717, 1.165) is 28.5 Å². The van der Waals surface area contributed by atoms with E-state index in [1.807, 2.05) is 57.2 Å². The van der Waals surface area contributed by atoms with Gasteiger partial charge in [-0.2, -0.15) is 5.10 Å². The highest BCUT2D eigenvalue weighted by atomic mass is 16.6. The zero-order chi connectivity index (χ0) is 21.8. The van der Waals surface area contributed by atoms with Crippen molar-refractivity contribution in [3.05, 3.63) is 71.3 Å². The van der Waals surface area contributed by atoms with Crippen molar-refractivity contribution >= 4 is 5.91 Å². The highest BCUT2D eigenvalue weighted by molar-refractivity contribution is 5.78. The molecule has 0 radical (unpaired) electrons. The summed E-state index contributed by atoms with van der Waals surface area (Å²) in [5, 5.41) is 7.62.